The lowest BCUT2D eigenvalue weighted by atomic mass is 9.84. The largest absolute Gasteiger partial charge is 0.381 e. The lowest BCUT2D eigenvalue weighted by Gasteiger charge is -2.46. The van der Waals surface area contributed by atoms with Crippen LogP contribution in [0.15, 0.2) is 24.3 Å². The number of hydrogen-bond donors (Lipinski definition) is 2. The topological polar surface area (TPSA) is 36.5 Å². The predicted molar refractivity (Wildman–Crippen MR) is 117 cm³/mol. The van der Waals surface area contributed by atoms with Gasteiger partial charge in [-0.3, -0.25) is 4.90 Å². The van der Waals surface area contributed by atoms with Crippen molar-refractivity contribution in [2.24, 2.45) is 11.8 Å². The molecule has 0 bridgehead atoms. The summed E-state index contributed by atoms with van der Waals surface area (Å²) in [6.07, 6.45) is 4.20. The summed E-state index contributed by atoms with van der Waals surface area (Å²) in [5.41, 5.74) is 1.25. The van der Waals surface area contributed by atoms with Crippen LogP contribution in [0.3, 0.4) is 0 Å². The molecule has 2 N–H and O–H groups in total. The molecule has 0 aromatic heterocycles. The second kappa shape index (κ2) is 8.71. The summed E-state index contributed by atoms with van der Waals surface area (Å²) in [4.78, 5) is 3.27. The highest BCUT2D eigenvalue weighted by atomic mass is 79.9. The number of benzene rings is 1. The number of alkyl halides is 2. The van der Waals surface area contributed by atoms with E-state index in [4.69, 9.17) is 16.3 Å². The molecule has 160 valence electrons. The van der Waals surface area contributed by atoms with Crippen LogP contribution in [0.2, 0.25) is 0 Å². The summed E-state index contributed by atoms with van der Waals surface area (Å²) in [5.74, 6) is 0.907. The van der Waals surface area contributed by atoms with E-state index in [0.717, 1.165) is 52.0 Å². The number of nitrogens with zero attached hydrogens (tertiary/aromatic N) is 1. The van der Waals surface area contributed by atoms with Crippen LogP contribution in [-0.2, 0) is 4.74 Å². The zero-order chi connectivity index (χ0) is 20.0. The van der Waals surface area contributed by atoms with Crippen molar-refractivity contribution in [2.45, 2.75) is 60.2 Å². The first-order chi connectivity index (χ1) is 14.1. The molecule has 1 aromatic carbocycles. The lowest BCUT2D eigenvalue weighted by Crippen LogP contribution is -2.54. The maximum absolute atomic E-state index is 13.7. The van der Waals surface area contributed by atoms with Crippen LogP contribution in [0.4, 0.5) is 4.39 Å². The average molecular weight is 487 g/mol. The predicted octanol–water partition coefficient (Wildman–Crippen LogP) is 3.65. The van der Waals surface area contributed by atoms with Gasteiger partial charge in [-0.15, -0.1) is 11.6 Å². The minimum absolute atomic E-state index is 0.0160. The molecule has 4 aliphatic heterocycles. The molecule has 7 atom stereocenters. The van der Waals surface area contributed by atoms with E-state index < -0.39 is 0 Å². The van der Waals surface area contributed by atoms with Crippen molar-refractivity contribution >= 4 is 27.5 Å². The molecule has 4 aliphatic rings. The van der Waals surface area contributed by atoms with Gasteiger partial charge in [0, 0.05) is 61.2 Å². The second-order valence-corrected chi connectivity index (χ2v) is 10.9. The Labute approximate surface area is 186 Å². The quantitative estimate of drug-likeness (QED) is 0.505. The fourth-order valence-corrected chi connectivity index (χ4v) is 7.09. The Balaban J connectivity index is 1.55. The van der Waals surface area contributed by atoms with E-state index >= 15 is 0 Å². The van der Waals surface area contributed by atoms with E-state index in [1.165, 1.54) is 5.56 Å². The summed E-state index contributed by atoms with van der Waals surface area (Å²) >= 11 is 10.5. The van der Waals surface area contributed by atoms with Gasteiger partial charge in [-0.25, -0.2) is 4.39 Å². The van der Waals surface area contributed by atoms with Crippen LogP contribution < -0.4 is 10.6 Å². The molecule has 4 nitrogen and oxygen atoms in total. The van der Waals surface area contributed by atoms with Crippen LogP contribution in [0.5, 0.6) is 0 Å². The summed E-state index contributed by atoms with van der Waals surface area (Å²) in [6.45, 7) is 3.61. The van der Waals surface area contributed by atoms with Crippen molar-refractivity contribution in [2.75, 3.05) is 26.3 Å². The number of likely N-dealkylation sites (tertiary alicyclic amines) is 1. The van der Waals surface area contributed by atoms with Crippen molar-refractivity contribution in [1.29, 1.82) is 0 Å². The van der Waals surface area contributed by atoms with Crippen LogP contribution in [-0.4, -0.2) is 59.7 Å². The number of ether oxygens (including phenoxy) is 1. The average Bonchev–Trinajstić information content (AvgIpc) is 3.03. The van der Waals surface area contributed by atoms with E-state index in [9.17, 15) is 4.39 Å². The highest BCUT2D eigenvalue weighted by Gasteiger charge is 2.55. The van der Waals surface area contributed by atoms with Crippen molar-refractivity contribution in [3.8, 4) is 0 Å². The van der Waals surface area contributed by atoms with Crippen molar-refractivity contribution < 1.29 is 9.13 Å². The van der Waals surface area contributed by atoms with Gasteiger partial charge >= 0.3 is 0 Å². The SMILES string of the molecule is Fc1ccc([C@H](C2CCOCC2)N2C3CC(Cl)NCC3C3NCC(Br)CC32)cc1. The number of piperidine rings is 2. The minimum atomic E-state index is -0.167. The number of rotatable bonds is 3. The smallest absolute Gasteiger partial charge is 0.123 e. The third kappa shape index (κ3) is 4.01. The molecule has 4 saturated heterocycles. The highest BCUT2D eigenvalue weighted by molar-refractivity contribution is 9.09. The molecule has 1 aromatic rings. The molecule has 4 heterocycles. The summed E-state index contributed by atoms with van der Waals surface area (Å²) < 4.78 is 19.4. The van der Waals surface area contributed by atoms with Gasteiger partial charge in [0.25, 0.3) is 0 Å². The van der Waals surface area contributed by atoms with Gasteiger partial charge in [-0.2, -0.15) is 0 Å². The monoisotopic (exact) mass is 485 g/mol. The molecule has 29 heavy (non-hydrogen) atoms. The Morgan fingerprint density at radius 2 is 1.83 bits per heavy atom. The van der Waals surface area contributed by atoms with Gasteiger partial charge < -0.3 is 15.4 Å². The molecule has 5 rings (SSSR count). The first-order valence-electron chi connectivity index (χ1n) is 11.0. The molecule has 6 unspecified atom stereocenters. The molecule has 7 heteroatoms. The van der Waals surface area contributed by atoms with E-state index in [1.54, 1.807) is 12.1 Å². The van der Waals surface area contributed by atoms with Gasteiger partial charge in [0.05, 0.1) is 5.50 Å². The van der Waals surface area contributed by atoms with Gasteiger partial charge in [0.2, 0.25) is 0 Å². The van der Waals surface area contributed by atoms with Gasteiger partial charge in [0.1, 0.15) is 5.82 Å². The fraction of sp³-hybridized carbons (Fsp3) is 0.727. The van der Waals surface area contributed by atoms with Crippen LogP contribution in [0, 0.1) is 17.7 Å². The molecular formula is C22H30BrClFN3O. The summed E-state index contributed by atoms with van der Waals surface area (Å²) in [5, 5.41) is 7.34. The fourth-order valence-electron chi connectivity index (χ4n) is 6.25. The van der Waals surface area contributed by atoms with Crippen molar-refractivity contribution in [3.63, 3.8) is 0 Å². The number of fused-ring (bicyclic) bond motifs is 3. The Morgan fingerprint density at radius 1 is 1.07 bits per heavy atom. The van der Waals surface area contributed by atoms with Gasteiger partial charge in [-0.1, -0.05) is 28.1 Å². The summed E-state index contributed by atoms with van der Waals surface area (Å²) in [6, 6.07) is 8.90. The third-order valence-corrected chi connectivity index (χ3v) is 8.51. The molecule has 0 amide bonds. The van der Waals surface area contributed by atoms with Crippen LogP contribution >= 0.6 is 27.5 Å². The first-order valence-corrected chi connectivity index (χ1v) is 12.3. The molecule has 0 radical (unpaired) electrons. The molecule has 0 aliphatic carbocycles. The Morgan fingerprint density at radius 3 is 2.59 bits per heavy atom. The zero-order valence-electron chi connectivity index (χ0n) is 16.6. The maximum Gasteiger partial charge on any atom is 0.123 e. The first kappa shape index (κ1) is 20.7. The molecular weight excluding hydrogens is 457 g/mol. The second-order valence-electron chi connectivity index (χ2n) is 9.07. The molecule has 4 fully saturated rings. The zero-order valence-corrected chi connectivity index (χ0v) is 18.9. The standard InChI is InChI=1S/C22H30BrClFN3O/c23-15-9-19-21(27-11-15)17-12-26-20(24)10-18(17)28(19)22(14-5-7-29-8-6-14)13-1-3-16(25)4-2-13/h1-4,14-15,17-22,26-27H,5-12H2/t15?,17?,18?,19?,20?,21?,22-/m1/s1. The maximum atomic E-state index is 13.7. The normalized spacial score (nSPS) is 39.7. The van der Waals surface area contributed by atoms with Crippen molar-refractivity contribution in [3.05, 3.63) is 35.6 Å². The Bertz CT molecular complexity index is 678. The number of nitrogens with one attached hydrogen (secondary N) is 2. The van der Waals surface area contributed by atoms with Gasteiger partial charge in [0.15, 0.2) is 0 Å². The van der Waals surface area contributed by atoms with E-state index in [-0.39, 0.29) is 17.4 Å². The highest BCUT2D eigenvalue weighted by Crippen LogP contribution is 2.48. The van der Waals surface area contributed by atoms with Gasteiger partial charge in [-0.05, 0) is 49.3 Å². The number of halogens is 3. The number of hydrogen-bond acceptors (Lipinski definition) is 4. The van der Waals surface area contributed by atoms with Crippen LogP contribution in [0.1, 0.15) is 37.3 Å². The minimum Gasteiger partial charge on any atom is -0.381 e. The Hall–Kier alpha value is -0.240. The lowest BCUT2D eigenvalue weighted by molar-refractivity contribution is -0.00179. The van der Waals surface area contributed by atoms with Crippen molar-refractivity contribution in [1.82, 2.24) is 15.5 Å². The third-order valence-electron chi connectivity index (χ3n) is 7.48. The van der Waals surface area contributed by atoms with E-state index in [2.05, 4.69) is 31.5 Å². The van der Waals surface area contributed by atoms with E-state index in [0.29, 0.717) is 34.8 Å². The molecule has 0 saturated carbocycles. The summed E-state index contributed by atoms with van der Waals surface area (Å²) in [7, 11) is 0. The Kier molecular flexibility index (Phi) is 6.21. The van der Waals surface area contributed by atoms with E-state index in [1.807, 2.05) is 12.1 Å². The van der Waals surface area contributed by atoms with Crippen LogP contribution in [0.25, 0.3) is 0 Å². The molecule has 0 spiro atoms.